The minimum Gasteiger partial charge on any atom is -0.317 e. The van der Waals surface area contributed by atoms with Crippen molar-refractivity contribution in [3.8, 4) is 0 Å². The summed E-state index contributed by atoms with van der Waals surface area (Å²) in [5.41, 5.74) is 1.71. The van der Waals surface area contributed by atoms with Crippen molar-refractivity contribution in [1.29, 1.82) is 0 Å². The van der Waals surface area contributed by atoms with Crippen LogP contribution in [0.5, 0.6) is 0 Å². The predicted octanol–water partition coefficient (Wildman–Crippen LogP) is 2.58. The molecule has 0 bridgehead atoms. The molecule has 1 aliphatic rings. The second-order valence-electron chi connectivity index (χ2n) is 4.22. The summed E-state index contributed by atoms with van der Waals surface area (Å²) in [7, 11) is -1.38. The SMILES string of the molecule is CNC(C)CC1=CS(=O)(=O)c2cc(Br)ccc21. The van der Waals surface area contributed by atoms with Crippen molar-refractivity contribution in [2.24, 2.45) is 0 Å². The summed E-state index contributed by atoms with van der Waals surface area (Å²) < 4.78 is 24.7. The van der Waals surface area contributed by atoms with Gasteiger partial charge in [0.2, 0.25) is 9.84 Å². The van der Waals surface area contributed by atoms with Gasteiger partial charge in [0.25, 0.3) is 0 Å². The second kappa shape index (κ2) is 4.55. The maximum Gasteiger partial charge on any atom is 0.200 e. The first-order valence-electron chi connectivity index (χ1n) is 5.37. The number of hydrogen-bond acceptors (Lipinski definition) is 3. The Morgan fingerprint density at radius 3 is 2.76 bits per heavy atom. The minimum atomic E-state index is -3.25. The van der Waals surface area contributed by atoms with Gasteiger partial charge in [0.1, 0.15) is 0 Å². The van der Waals surface area contributed by atoms with Gasteiger partial charge in [0.15, 0.2) is 0 Å². The lowest BCUT2D eigenvalue weighted by atomic mass is 10.0. The van der Waals surface area contributed by atoms with Gasteiger partial charge in [-0.15, -0.1) is 0 Å². The summed E-state index contributed by atoms with van der Waals surface area (Å²) in [4.78, 5) is 0.408. The first-order chi connectivity index (χ1) is 7.94. The Hall–Kier alpha value is -0.650. The van der Waals surface area contributed by atoms with Crippen molar-refractivity contribution in [3.05, 3.63) is 33.6 Å². The summed E-state index contributed by atoms with van der Waals surface area (Å²) >= 11 is 3.30. The Morgan fingerprint density at radius 1 is 1.41 bits per heavy atom. The van der Waals surface area contributed by atoms with Crippen LogP contribution in [0.15, 0.2) is 33.0 Å². The zero-order valence-corrected chi connectivity index (χ0v) is 12.1. The van der Waals surface area contributed by atoms with E-state index in [1.165, 1.54) is 5.41 Å². The molecule has 0 spiro atoms. The lowest BCUT2D eigenvalue weighted by molar-refractivity contribution is 0.605. The highest BCUT2D eigenvalue weighted by Crippen LogP contribution is 2.37. The molecule has 1 aromatic carbocycles. The number of sulfone groups is 1. The van der Waals surface area contributed by atoms with Crippen molar-refractivity contribution < 1.29 is 8.42 Å². The molecule has 0 aromatic heterocycles. The number of benzene rings is 1. The predicted molar refractivity (Wildman–Crippen MR) is 72.4 cm³/mol. The van der Waals surface area contributed by atoms with Crippen molar-refractivity contribution in [3.63, 3.8) is 0 Å². The monoisotopic (exact) mass is 315 g/mol. The fourth-order valence-electron chi connectivity index (χ4n) is 1.90. The molecule has 1 atom stereocenters. The first kappa shape index (κ1) is 12.8. The van der Waals surface area contributed by atoms with E-state index in [1.54, 1.807) is 6.07 Å². The molecule has 1 heterocycles. The van der Waals surface area contributed by atoms with Crippen LogP contribution in [0.3, 0.4) is 0 Å². The van der Waals surface area contributed by atoms with E-state index < -0.39 is 9.84 Å². The summed E-state index contributed by atoms with van der Waals surface area (Å²) in [5.74, 6) is 0. The van der Waals surface area contributed by atoms with Crippen molar-refractivity contribution >= 4 is 31.3 Å². The molecule has 5 heteroatoms. The zero-order valence-electron chi connectivity index (χ0n) is 9.70. The Morgan fingerprint density at radius 2 is 2.12 bits per heavy atom. The molecule has 0 radical (unpaired) electrons. The lowest BCUT2D eigenvalue weighted by Gasteiger charge is -2.11. The van der Waals surface area contributed by atoms with Crippen LogP contribution in [0.2, 0.25) is 0 Å². The van der Waals surface area contributed by atoms with E-state index in [0.717, 1.165) is 15.6 Å². The number of hydrogen-bond donors (Lipinski definition) is 1. The average molecular weight is 316 g/mol. The normalized spacial score (nSPS) is 18.6. The van der Waals surface area contributed by atoms with E-state index in [4.69, 9.17) is 0 Å². The van der Waals surface area contributed by atoms with Crippen LogP contribution in [-0.2, 0) is 9.84 Å². The molecule has 0 saturated heterocycles. The van der Waals surface area contributed by atoms with Crippen LogP contribution >= 0.6 is 15.9 Å². The van der Waals surface area contributed by atoms with E-state index in [1.807, 2.05) is 26.1 Å². The molecule has 1 N–H and O–H groups in total. The Balaban J connectivity index is 2.47. The van der Waals surface area contributed by atoms with Crippen molar-refractivity contribution in [2.45, 2.75) is 24.3 Å². The number of nitrogens with one attached hydrogen (secondary N) is 1. The van der Waals surface area contributed by atoms with Crippen molar-refractivity contribution in [1.82, 2.24) is 5.32 Å². The highest BCUT2D eigenvalue weighted by atomic mass is 79.9. The Bertz CT molecular complexity index is 578. The van der Waals surface area contributed by atoms with Crippen LogP contribution in [0, 0.1) is 0 Å². The molecule has 0 aliphatic carbocycles. The molecular formula is C12H14BrNO2S. The van der Waals surface area contributed by atoms with Gasteiger partial charge in [-0.3, -0.25) is 0 Å². The van der Waals surface area contributed by atoms with Crippen molar-refractivity contribution in [2.75, 3.05) is 7.05 Å². The Kier molecular flexibility index (Phi) is 3.43. The van der Waals surface area contributed by atoms with Crippen LogP contribution in [0.4, 0.5) is 0 Å². The fraction of sp³-hybridized carbons (Fsp3) is 0.333. The van der Waals surface area contributed by atoms with E-state index in [2.05, 4.69) is 21.2 Å². The maximum atomic E-state index is 12.0. The highest BCUT2D eigenvalue weighted by molar-refractivity contribution is 9.10. The maximum absolute atomic E-state index is 12.0. The molecule has 2 rings (SSSR count). The molecular weight excluding hydrogens is 302 g/mol. The topological polar surface area (TPSA) is 46.2 Å². The third kappa shape index (κ3) is 2.46. The van der Waals surface area contributed by atoms with Gasteiger partial charge in [-0.05, 0) is 43.7 Å². The summed E-state index contributed by atoms with van der Waals surface area (Å²) in [5, 5.41) is 4.50. The standard InChI is InChI=1S/C12H14BrNO2S/c1-8(14-2)5-9-7-17(15,16)12-6-10(13)3-4-11(9)12/h3-4,6-8,14H,5H2,1-2H3. The molecule has 17 heavy (non-hydrogen) atoms. The van der Waals surface area contributed by atoms with Gasteiger partial charge in [0.05, 0.1) is 4.90 Å². The molecule has 1 aromatic rings. The zero-order chi connectivity index (χ0) is 12.6. The summed E-state index contributed by atoms with van der Waals surface area (Å²) in [6, 6.07) is 5.65. The Labute approximate surface area is 110 Å². The number of rotatable bonds is 3. The van der Waals surface area contributed by atoms with Gasteiger partial charge >= 0.3 is 0 Å². The van der Waals surface area contributed by atoms with Crippen LogP contribution in [0.1, 0.15) is 18.9 Å². The highest BCUT2D eigenvalue weighted by Gasteiger charge is 2.27. The lowest BCUT2D eigenvalue weighted by Crippen LogP contribution is -2.21. The molecule has 0 fully saturated rings. The number of halogens is 1. The third-order valence-corrected chi connectivity index (χ3v) is 4.95. The van der Waals surface area contributed by atoms with E-state index in [9.17, 15) is 8.42 Å². The van der Waals surface area contributed by atoms with E-state index in [0.29, 0.717) is 11.3 Å². The molecule has 92 valence electrons. The number of fused-ring (bicyclic) bond motifs is 1. The summed E-state index contributed by atoms with van der Waals surface area (Å²) in [6.07, 6.45) is 0.713. The van der Waals surface area contributed by atoms with Gasteiger partial charge in [0, 0.05) is 15.9 Å². The fourth-order valence-corrected chi connectivity index (χ4v) is 3.94. The smallest absolute Gasteiger partial charge is 0.200 e. The quantitative estimate of drug-likeness (QED) is 0.932. The minimum absolute atomic E-state index is 0.256. The molecule has 0 saturated carbocycles. The van der Waals surface area contributed by atoms with Crippen LogP contribution < -0.4 is 5.32 Å². The summed E-state index contributed by atoms with van der Waals surface area (Å²) in [6.45, 7) is 2.03. The van der Waals surface area contributed by atoms with Gasteiger partial charge in [-0.25, -0.2) is 8.42 Å². The average Bonchev–Trinajstić information content (AvgIpc) is 2.50. The van der Waals surface area contributed by atoms with E-state index in [-0.39, 0.29) is 6.04 Å². The largest absolute Gasteiger partial charge is 0.317 e. The van der Waals surface area contributed by atoms with E-state index >= 15 is 0 Å². The molecule has 3 nitrogen and oxygen atoms in total. The van der Waals surface area contributed by atoms with Gasteiger partial charge in [-0.1, -0.05) is 22.0 Å². The first-order valence-corrected chi connectivity index (χ1v) is 7.71. The van der Waals surface area contributed by atoms with Crippen LogP contribution in [0.25, 0.3) is 5.57 Å². The van der Waals surface area contributed by atoms with Crippen LogP contribution in [-0.4, -0.2) is 21.5 Å². The molecule has 1 aliphatic heterocycles. The molecule has 0 amide bonds. The van der Waals surface area contributed by atoms with Gasteiger partial charge < -0.3 is 5.32 Å². The third-order valence-electron chi connectivity index (χ3n) is 2.91. The molecule has 1 unspecified atom stereocenters. The second-order valence-corrected chi connectivity index (χ2v) is 6.90. The van der Waals surface area contributed by atoms with Gasteiger partial charge in [-0.2, -0.15) is 0 Å².